The predicted molar refractivity (Wildman–Crippen MR) is 83.4 cm³/mol. The lowest BCUT2D eigenvalue weighted by atomic mass is 10.2. The zero-order chi connectivity index (χ0) is 16.4. The molecule has 6 nitrogen and oxygen atoms in total. The molecule has 0 fully saturated rings. The minimum absolute atomic E-state index is 0.0335. The van der Waals surface area contributed by atoms with Crippen molar-refractivity contribution in [2.75, 3.05) is 0 Å². The van der Waals surface area contributed by atoms with Crippen LogP contribution < -0.4 is 0 Å². The van der Waals surface area contributed by atoms with Crippen LogP contribution in [0.25, 0.3) is 11.0 Å². The molecule has 1 aromatic heterocycles. The Balaban J connectivity index is 1.81. The summed E-state index contributed by atoms with van der Waals surface area (Å²) >= 11 is 5.89. The number of ether oxygens (including phenoxy) is 1. The first kappa shape index (κ1) is 15.1. The van der Waals surface area contributed by atoms with Crippen molar-refractivity contribution in [1.82, 2.24) is 0 Å². The van der Waals surface area contributed by atoms with Gasteiger partial charge in [-0.1, -0.05) is 35.9 Å². The highest BCUT2D eigenvalue weighted by Gasteiger charge is 2.25. The second kappa shape index (κ2) is 6.10. The fourth-order valence-electron chi connectivity index (χ4n) is 2.18. The van der Waals surface area contributed by atoms with E-state index in [1.165, 1.54) is 18.2 Å². The molecule has 0 aliphatic rings. The van der Waals surface area contributed by atoms with Gasteiger partial charge in [0.15, 0.2) is 5.56 Å². The summed E-state index contributed by atoms with van der Waals surface area (Å²) in [6.45, 7) is -0.143. The largest absolute Gasteiger partial charge is 0.457 e. The summed E-state index contributed by atoms with van der Waals surface area (Å²) in [6.07, 6.45) is 0. The Hall–Kier alpha value is -2.86. The summed E-state index contributed by atoms with van der Waals surface area (Å²) < 4.78 is 10.6. The third kappa shape index (κ3) is 3.02. The minimum Gasteiger partial charge on any atom is -0.457 e. The minimum atomic E-state index is -0.872. The molecule has 23 heavy (non-hydrogen) atoms. The molecule has 0 saturated carbocycles. The highest BCUT2D eigenvalue weighted by Crippen LogP contribution is 2.27. The standard InChI is InChI=1S/C16H10ClNO5/c17-12-5-3-6-13(18(20)21)15(12)16(19)22-9-11-8-10-4-1-2-7-14(10)23-11/h1-8H,9H2. The van der Waals surface area contributed by atoms with Crippen molar-refractivity contribution in [3.63, 3.8) is 0 Å². The van der Waals surface area contributed by atoms with Gasteiger partial charge in [-0.2, -0.15) is 0 Å². The number of para-hydroxylation sites is 1. The molecular formula is C16H10ClNO5. The van der Waals surface area contributed by atoms with Crippen molar-refractivity contribution in [2.24, 2.45) is 0 Å². The number of hydrogen-bond donors (Lipinski definition) is 0. The van der Waals surface area contributed by atoms with Gasteiger partial charge in [0.2, 0.25) is 0 Å². The number of esters is 1. The lowest BCUT2D eigenvalue weighted by Gasteiger charge is -2.05. The molecule has 0 spiro atoms. The molecule has 0 unspecified atom stereocenters. The van der Waals surface area contributed by atoms with Crippen LogP contribution in [0.5, 0.6) is 0 Å². The van der Waals surface area contributed by atoms with Gasteiger partial charge in [-0.25, -0.2) is 4.79 Å². The molecule has 0 saturated heterocycles. The average Bonchev–Trinajstić information content (AvgIpc) is 2.95. The monoisotopic (exact) mass is 331 g/mol. The SMILES string of the molecule is O=C(OCc1cc2ccccc2o1)c1c(Cl)cccc1[N+](=O)[O-]. The van der Waals surface area contributed by atoms with Gasteiger partial charge in [0.05, 0.1) is 9.95 Å². The summed E-state index contributed by atoms with van der Waals surface area (Å²) in [5.74, 6) is -0.433. The molecule has 2 aromatic carbocycles. The third-order valence-corrected chi connectivity index (χ3v) is 3.53. The number of nitrogens with zero attached hydrogens (tertiary/aromatic N) is 1. The molecule has 0 radical (unpaired) electrons. The number of benzene rings is 2. The van der Waals surface area contributed by atoms with Crippen LogP contribution in [-0.4, -0.2) is 10.9 Å². The number of rotatable bonds is 4. The average molecular weight is 332 g/mol. The second-order valence-electron chi connectivity index (χ2n) is 4.72. The number of halogens is 1. The number of fused-ring (bicyclic) bond motifs is 1. The maximum absolute atomic E-state index is 12.1. The molecular weight excluding hydrogens is 322 g/mol. The van der Waals surface area contributed by atoms with Gasteiger partial charge in [0, 0.05) is 11.5 Å². The smallest absolute Gasteiger partial charge is 0.347 e. The quantitative estimate of drug-likeness (QED) is 0.403. The molecule has 0 bridgehead atoms. The van der Waals surface area contributed by atoms with E-state index < -0.39 is 16.6 Å². The number of hydrogen-bond acceptors (Lipinski definition) is 5. The van der Waals surface area contributed by atoms with Crippen molar-refractivity contribution >= 4 is 34.2 Å². The lowest BCUT2D eigenvalue weighted by Crippen LogP contribution is -2.08. The number of furan rings is 1. The Kier molecular flexibility index (Phi) is 3.99. The molecule has 0 N–H and O–H groups in total. The fourth-order valence-corrected chi connectivity index (χ4v) is 2.43. The molecule has 0 atom stereocenters. The van der Waals surface area contributed by atoms with E-state index in [9.17, 15) is 14.9 Å². The molecule has 3 rings (SSSR count). The molecule has 0 aliphatic heterocycles. The van der Waals surface area contributed by atoms with E-state index in [2.05, 4.69) is 0 Å². The molecule has 0 aliphatic carbocycles. The van der Waals surface area contributed by atoms with Crippen LogP contribution in [0.1, 0.15) is 16.1 Å². The van der Waals surface area contributed by atoms with Crippen LogP contribution in [0.2, 0.25) is 5.02 Å². The van der Waals surface area contributed by atoms with E-state index in [4.69, 9.17) is 20.8 Å². The van der Waals surface area contributed by atoms with Crippen molar-refractivity contribution in [3.05, 3.63) is 75.0 Å². The Bertz CT molecular complexity index is 869. The molecule has 0 amide bonds. The molecule has 116 valence electrons. The Morgan fingerprint density at radius 2 is 2.00 bits per heavy atom. The predicted octanol–water partition coefficient (Wildman–Crippen LogP) is 4.35. The summed E-state index contributed by atoms with van der Waals surface area (Å²) in [5, 5.41) is 11.8. The fraction of sp³-hybridized carbons (Fsp3) is 0.0625. The van der Waals surface area contributed by atoms with Crippen molar-refractivity contribution in [3.8, 4) is 0 Å². The van der Waals surface area contributed by atoms with Gasteiger partial charge < -0.3 is 9.15 Å². The Labute approximate surface area is 135 Å². The maximum atomic E-state index is 12.1. The van der Waals surface area contributed by atoms with Crippen molar-refractivity contribution < 1.29 is 18.9 Å². The van der Waals surface area contributed by atoms with E-state index in [0.717, 1.165) is 5.39 Å². The van der Waals surface area contributed by atoms with Crippen LogP contribution in [0.4, 0.5) is 5.69 Å². The number of carbonyl (C=O) groups excluding carboxylic acids is 1. The molecule has 1 heterocycles. The molecule has 3 aromatic rings. The van der Waals surface area contributed by atoms with Crippen LogP contribution in [0, 0.1) is 10.1 Å². The summed E-state index contributed by atoms with van der Waals surface area (Å²) in [5.41, 5.74) is 0.00431. The van der Waals surface area contributed by atoms with E-state index in [1.807, 2.05) is 18.2 Å². The summed E-state index contributed by atoms with van der Waals surface area (Å²) in [7, 11) is 0. The van der Waals surface area contributed by atoms with Gasteiger partial charge in [-0.15, -0.1) is 0 Å². The van der Waals surface area contributed by atoms with Crippen LogP contribution in [0.3, 0.4) is 0 Å². The van der Waals surface area contributed by atoms with E-state index in [0.29, 0.717) is 11.3 Å². The van der Waals surface area contributed by atoms with Gasteiger partial charge >= 0.3 is 5.97 Å². The third-order valence-electron chi connectivity index (χ3n) is 3.21. The van der Waals surface area contributed by atoms with Gasteiger partial charge in [-0.3, -0.25) is 10.1 Å². The van der Waals surface area contributed by atoms with Crippen molar-refractivity contribution in [1.29, 1.82) is 0 Å². The zero-order valence-corrected chi connectivity index (χ0v) is 12.4. The van der Waals surface area contributed by atoms with Gasteiger partial charge in [0.25, 0.3) is 5.69 Å². The van der Waals surface area contributed by atoms with E-state index in [1.54, 1.807) is 12.1 Å². The summed E-state index contributed by atoms with van der Waals surface area (Å²) in [4.78, 5) is 22.4. The zero-order valence-electron chi connectivity index (χ0n) is 11.7. The lowest BCUT2D eigenvalue weighted by molar-refractivity contribution is -0.385. The molecule has 7 heteroatoms. The number of nitro groups is 1. The number of nitro benzene ring substituents is 1. The van der Waals surface area contributed by atoms with Crippen LogP contribution >= 0.6 is 11.6 Å². The first-order chi connectivity index (χ1) is 11.1. The van der Waals surface area contributed by atoms with Crippen LogP contribution in [-0.2, 0) is 11.3 Å². The Morgan fingerprint density at radius 3 is 2.74 bits per heavy atom. The first-order valence-corrected chi connectivity index (χ1v) is 7.01. The highest BCUT2D eigenvalue weighted by atomic mass is 35.5. The number of carbonyl (C=O) groups is 1. The maximum Gasteiger partial charge on any atom is 0.347 e. The van der Waals surface area contributed by atoms with Gasteiger partial charge in [-0.05, 0) is 18.2 Å². The van der Waals surface area contributed by atoms with Gasteiger partial charge in [0.1, 0.15) is 18.0 Å². The van der Waals surface area contributed by atoms with Crippen molar-refractivity contribution in [2.45, 2.75) is 6.61 Å². The first-order valence-electron chi connectivity index (χ1n) is 6.64. The normalized spacial score (nSPS) is 10.7. The van der Waals surface area contributed by atoms with E-state index in [-0.39, 0.29) is 17.2 Å². The Morgan fingerprint density at radius 1 is 1.22 bits per heavy atom. The van der Waals surface area contributed by atoms with E-state index >= 15 is 0 Å². The second-order valence-corrected chi connectivity index (χ2v) is 5.12. The van der Waals surface area contributed by atoms with Crippen LogP contribution in [0.15, 0.2) is 52.9 Å². The topological polar surface area (TPSA) is 82.6 Å². The highest BCUT2D eigenvalue weighted by molar-refractivity contribution is 6.34. The summed E-state index contributed by atoms with van der Waals surface area (Å²) in [6, 6.07) is 13.1.